The first kappa shape index (κ1) is 10.2. The maximum absolute atomic E-state index is 5.45. The van der Waals surface area contributed by atoms with Crippen molar-refractivity contribution in [3.05, 3.63) is 11.9 Å². The summed E-state index contributed by atoms with van der Waals surface area (Å²) in [6.45, 7) is 8.24. The highest BCUT2D eigenvalue weighted by Crippen LogP contribution is 2.01. The van der Waals surface area contributed by atoms with Crippen LogP contribution in [0, 0.1) is 5.92 Å². The third-order valence-electron chi connectivity index (χ3n) is 1.46. The molecule has 0 aliphatic rings. The molecule has 0 aliphatic carbocycles. The Morgan fingerprint density at radius 1 is 1.55 bits per heavy atom. The van der Waals surface area contributed by atoms with E-state index in [4.69, 9.17) is 5.73 Å². The Labute approximate surface area is 69.2 Å². The lowest BCUT2D eigenvalue weighted by atomic mass is 10.1. The second-order valence-corrected chi connectivity index (χ2v) is 3.00. The van der Waals surface area contributed by atoms with Crippen LogP contribution in [0.15, 0.2) is 16.9 Å². The van der Waals surface area contributed by atoms with Gasteiger partial charge in [-0.1, -0.05) is 20.8 Å². The lowest BCUT2D eigenvalue weighted by molar-refractivity contribution is 0.856. The number of nitrogens with two attached hydrogens (primary N) is 1. The van der Waals surface area contributed by atoms with Gasteiger partial charge in [0.05, 0.1) is 0 Å². The minimum Gasteiger partial charge on any atom is -0.401 e. The van der Waals surface area contributed by atoms with Gasteiger partial charge in [-0.15, -0.1) is 0 Å². The van der Waals surface area contributed by atoms with E-state index in [2.05, 4.69) is 25.8 Å². The Kier molecular flexibility index (Phi) is 4.59. The Balaban J connectivity index is 4.24. The zero-order valence-corrected chi connectivity index (χ0v) is 7.89. The minimum atomic E-state index is 0.524. The van der Waals surface area contributed by atoms with Crippen LogP contribution >= 0.6 is 0 Å². The molecule has 0 aliphatic heterocycles. The van der Waals surface area contributed by atoms with Gasteiger partial charge in [-0.3, -0.25) is 4.99 Å². The highest BCUT2D eigenvalue weighted by Gasteiger charge is 1.99. The van der Waals surface area contributed by atoms with Crippen molar-refractivity contribution in [1.82, 2.24) is 0 Å². The fourth-order valence-corrected chi connectivity index (χ4v) is 0.833. The summed E-state index contributed by atoms with van der Waals surface area (Å²) >= 11 is 0. The van der Waals surface area contributed by atoms with E-state index in [1.54, 1.807) is 6.20 Å². The van der Waals surface area contributed by atoms with Crippen LogP contribution in [0.1, 0.15) is 34.1 Å². The van der Waals surface area contributed by atoms with Crippen molar-refractivity contribution in [2.75, 3.05) is 0 Å². The van der Waals surface area contributed by atoms with Gasteiger partial charge >= 0.3 is 0 Å². The molecule has 0 aromatic rings. The van der Waals surface area contributed by atoms with E-state index in [9.17, 15) is 0 Å². The largest absolute Gasteiger partial charge is 0.401 e. The zero-order chi connectivity index (χ0) is 8.85. The van der Waals surface area contributed by atoms with E-state index in [-0.39, 0.29) is 0 Å². The first-order chi connectivity index (χ1) is 5.07. The van der Waals surface area contributed by atoms with Crippen LogP contribution in [-0.4, -0.2) is 5.71 Å². The van der Waals surface area contributed by atoms with Gasteiger partial charge in [-0.2, -0.15) is 0 Å². The molecule has 0 aromatic heterocycles. The van der Waals surface area contributed by atoms with Gasteiger partial charge in [-0.05, 0) is 19.3 Å². The van der Waals surface area contributed by atoms with E-state index in [0.29, 0.717) is 5.92 Å². The summed E-state index contributed by atoms with van der Waals surface area (Å²) in [5.74, 6) is 0.524. The van der Waals surface area contributed by atoms with Crippen molar-refractivity contribution in [2.24, 2.45) is 16.6 Å². The predicted molar refractivity (Wildman–Crippen MR) is 50.5 cm³/mol. The number of aliphatic imine (C=N–C) groups is 1. The normalized spacial score (nSPS) is 14.3. The lowest BCUT2D eigenvalue weighted by Crippen LogP contribution is -2.05. The SMILES string of the molecule is CC/C(=N\C=C(\C)N)C(C)C. The van der Waals surface area contributed by atoms with Crippen LogP contribution in [0.5, 0.6) is 0 Å². The third-order valence-corrected chi connectivity index (χ3v) is 1.46. The molecule has 2 N–H and O–H groups in total. The fourth-order valence-electron chi connectivity index (χ4n) is 0.833. The fraction of sp³-hybridized carbons (Fsp3) is 0.667. The van der Waals surface area contributed by atoms with Gasteiger partial charge in [0.25, 0.3) is 0 Å². The van der Waals surface area contributed by atoms with E-state index < -0.39 is 0 Å². The van der Waals surface area contributed by atoms with Gasteiger partial charge < -0.3 is 5.73 Å². The minimum absolute atomic E-state index is 0.524. The first-order valence-electron chi connectivity index (χ1n) is 4.06. The van der Waals surface area contributed by atoms with Gasteiger partial charge in [0.1, 0.15) is 0 Å². The second-order valence-electron chi connectivity index (χ2n) is 3.00. The molecule has 0 saturated heterocycles. The maximum atomic E-state index is 5.45. The molecule has 0 amide bonds. The molecule has 0 atom stereocenters. The van der Waals surface area contributed by atoms with Crippen molar-refractivity contribution in [2.45, 2.75) is 34.1 Å². The molecule has 0 bridgehead atoms. The number of nitrogens with zero attached hydrogens (tertiary/aromatic N) is 1. The summed E-state index contributed by atoms with van der Waals surface area (Å²) in [5.41, 5.74) is 7.41. The van der Waals surface area contributed by atoms with Crippen LogP contribution in [0.4, 0.5) is 0 Å². The molecular weight excluding hydrogens is 136 g/mol. The molecule has 2 nitrogen and oxygen atoms in total. The highest BCUT2D eigenvalue weighted by atomic mass is 14.7. The molecule has 0 radical (unpaired) electrons. The van der Waals surface area contributed by atoms with Gasteiger partial charge in [0, 0.05) is 17.6 Å². The second kappa shape index (κ2) is 4.94. The van der Waals surface area contributed by atoms with E-state index >= 15 is 0 Å². The van der Waals surface area contributed by atoms with Crippen molar-refractivity contribution >= 4 is 5.71 Å². The van der Waals surface area contributed by atoms with Crippen molar-refractivity contribution < 1.29 is 0 Å². The Morgan fingerprint density at radius 3 is 2.36 bits per heavy atom. The molecule has 0 heterocycles. The average Bonchev–Trinajstić information content (AvgIpc) is 1.87. The summed E-state index contributed by atoms with van der Waals surface area (Å²) in [4.78, 5) is 4.27. The van der Waals surface area contributed by atoms with Gasteiger partial charge in [0.2, 0.25) is 0 Å². The van der Waals surface area contributed by atoms with Crippen LogP contribution in [0.3, 0.4) is 0 Å². The van der Waals surface area contributed by atoms with Crippen molar-refractivity contribution in [3.63, 3.8) is 0 Å². The molecule has 0 saturated carbocycles. The monoisotopic (exact) mass is 154 g/mol. The zero-order valence-electron chi connectivity index (χ0n) is 7.89. The molecule has 0 unspecified atom stereocenters. The third kappa shape index (κ3) is 4.59. The molecule has 2 heteroatoms. The summed E-state index contributed by atoms with van der Waals surface area (Å²) in [6.07, 6.45) is 2.72. The van der Waals surface area contributed by atoms with Gasteiger partial charge in [0.15, 0.2) is 0 Å². The standard InChI is InChI=1S/C9H18N2/c1-5-9(7(2)3)11-6-8(4)10/h6-7H,5,10H2,1-4H3/b8-6-,11-9+. The summed E-state index contributed by atoms with van der Waals surface area (Å²) in [7, 11) is 0. The van der Waals surface area contributed by atoms with Crippen LogP contribution in [-0.2, 0) is 0 Å². The molecule has 0 aromatic carbocycles. The Bertz CT molecular complexity index is 162. The Morgan fingerprint density at radius 2 is 2.09 bits per heavy atom. The quantitative estimate of drug-likeness (QED) is 0.622. The molecule has 0 fully saturated rings. The van der Waals surface area contributed by atoms with E-state index in [0.717, 1.165) is 12.1 Å². The predicted octanol–water partition coefficient (Wildman–Crippen LogP) is 2.31. The summed E-state index contributed by atoms with van der Waals surface area (Å²) < 4.78 is 0. The van der Waals surface area contributed by atoms with Crippen molar-refractivity contribution in [3.8, 4) is 0 Å². The lowest BCUT2D eigenvalue weighted by Gasteiger charge is -2.04. The summed E-state index contributed by atoms with van der Waals surface area (Å²) in [6, 6.07) is 0. The number of rotatable bonds is 3. The summed E-state index contributed by atoms with van der Waals surface area (Å²) in [5, 5.41) is 0. The molecule has 0 spiro atoms. The molecule has 64 valence electrons. The Hall–Kier alpha value is -0.790. The topological polar surface area (TPSA) is 38.4 Å². The number of allylic oxidation sites excluding steroid dienone is 1. The molecule has 0 rings (SSSR count). The number of hydrogen-bond donors (Lipinski definition) is 1. The van der Waals surface area contributed by atoms with Crippen LogP contribution in [0.25, 0.3) is 0 Å². The maximum Gasteiger partial charge on any atom is 0.0451 e. The van der Waals surface area contributed by atoms with Gasteiger partial charge in [-0.25, -0.2) is 0 Å². The smallest absolute Gasteiger partial charge is 0.0451 e. The van der Waals surface area contributed by atoms with Crippen LogP contribution in [0.2, 0.25) is 0 Å². The highest BCUT2D eigenvalue weighted by molar-refractivity contribution is 5.86. The molecule has 11 heavy (non-hydrogen) atoms. The van der Waals surface area contributed by atoms with E-state index in [1.807, 2.05) is 6.92 Å². The molecular formula is C9H18N2. The first-order valence-corrected chi connectivity index (χ1v) is 4.06. The van der Waals surface area contributed by atoms with Crippen LogP contribution < -0.4 is 5.73 Å². The number of hydrogen-bond acceptors (Lipinski definition) is 2. The van der Waals surface area contributed by atoms with Crippen molar-refractivity contribution in [1.29, 1.82) is 0 Å². The van der Waals surface area contributed by atoms with E-state index in [1.165, 1.54) is 5.71 Å². The average molecular weight is 154 g/mol.